The van der Waals surface area contributed by atoms with Gasteiger partial charge in [-0.15, -0.1) is 0 Å². The number of hydrogen-bond acceptors (Lipinski definition) is 1. The van der Waals surface area contributed by atoms with E-state index in [1.807, 2.05) is 90.1 Å². The Morgan fingerprint density at radius 3 is 1.33 bits per heavy atom. The first-order chi connectivity index (χ1) is 10.4. The number of fused-ring (bicyclic) bond motifs is 2. The molecule has 1 aliphatic heterocycles. The molecule has 2 aromatic rings. The average Bonchev–Trinajstić information content (AvgIpc) is 2.61. The lowest BCUT2D eigenvalue weighted by Crippen LogP contribution is -2.00. The quantitative estimate of drug-likeness (QED) is 0.435. The second-order valence-electron chi connectivity index (χ2n) is 3.57. The van der Waals surface area contributed by atoms with Crippen LogP contribution in [0.4, 0.5) is 0 Å². The van der Waals surface area contributed by atoms with E-state index in [0.29, 0.717) is 0 Å². The van der Waals surface area contributed by atoms with E-state index in [0.717, 1.165) is 28.2 Å². The van der Waals surface area contributed by atoms with Crippen LogP contribution >= 0.6 is 0 Å². The Balaban J connectivity index is 0.000000598. The molecule has 0 aromatic heterocycles. The second-order valence-corrected chi connectivity index (χ2v) is 3.57. The van der Waals surface area contributed by atoms with Crippen LogP contribution < -0.4 is 4.74 Å². The predicted molar refractivity (Wildman–Crippen MR) is 95.1 cm³/mol. The maximum absolute atomic E-state index is 5.79. The van der Waals surface area contributed by atoms with Gasteiger partial charge in [0.15, 0.2) is 0 Å². The van der Waals surface area contributed by atoms with Crippen LogP contribution in [0.3, 0.4) is 0 Å². The van der Waals surface area contributed by atoms with Gasteiger partial charge in [-0.2, -0.15) is 0 Å². The van der Waals surface area contributed by atoms with Gasteiger partial charge in [-0.3, -0.25) is 0 Å². The Morgan fingerprint density at radius 1 is 0.619 bits per heavy atom. The summed E-state index contributed by atoms with van der Waals surface area (Å²) in [5.74, 6) is 1.78. The Bertz CT molecular complexity index is 494. The normalized spacial score (nSPS) is 9.90. The molecule has 0 radical (unpaired) electrons. The summed E-state index contributed by atoms with van der Waals surface area (Å²) in [6.07, 6.45) is 0. The van der Waals surface area contributed by atoms with Gasteiger partial charge in [-0.05, 0) is 17.7 Å². The zero-order chi connectivity index (χ0) is 16.3. The number of rotatable bonds is 0. The van der Waals surface area contributed by atoms with Crippen molar-refractivity contribution in [2.75, 3.05) is 0 Å². The van der Waals surface area contributed by atoms with E-state index < -0.39 is 0 Å². The minimum atomic E-state index is 0.890. The lowest BCUT2D eigenvalue weighted by atomic mass is 9.96. The molecular formula is C20H28O. The van der Waals surface area contributed by atoms with Crippen LogP contribution in [0.15, 0.2) is 55.1 Å². The Labute approximate surface area is 130 Å². The zero-order valence-electron chi connectivity index (χ0n) is 14.2. The highest BCUT2D eigenvalue weighted by molar-refractivity contribution is 5.86. The lowest BCUT2D eigenvalue weighted by molar-refractivity contribution is 0.474. The van der Waals surface area contributed by atoms with Crippen molar-refractivity contribution in [2.45, 2.75) is 41.5 Å². The molecule has 21 heavy (non-hydrogen) atoms. The summed E-state index contributed by atoms with van der Waals surface area (Å²) in [5.41, 5.74) is 3.19. The maximum atomic E-state index is 5.79. The maximum Gasteiger partial charge on any atom is 0.135 e. The predicted octanol–water partition coefficient (Wildman–Crippen LogP) is 6.93. The van der Waals surface area contributed by atoms with E-state index in [-0.39, 0.29) is 0 Å². The van der Waals surface area contributed by atoms with Gasteiger partial charge >= 0.3 is 0 Å². The first-order valence-electron chi connectivity index (χ1n) is 7.92. The van der Waals surface area contributed by atoms with E-state index in [1.54, 1.807) is 0 Å². The molecule has 114 valence electrons. The SMILES string of the molecule is C=C1c2ccccc2Oc2ccccc21.CC.CC.CC. The van der Waals surface area contributed by atoms with Gasteiger partial charge < -0.3 is 4.74 Å². The van der Waals surface area contributed by atoms with Crippen LogP contribution in [0.25, 0.3) is 5.57 Å². The smallest absolute Gasteiger partial charge is 0.135 e. The number of hydrogen-bond donors (Lipinski definition) is 0. The van der Waals surface area contributed by atoms with Gasteiger partial charge in [-0.1, -0.05) is 84.5 Å². The van der Waals surface area contributed by atoms with Gasteiger partial charge in [-0.25, -0.2) is 0 Å². The molecular weight excluding hydrogens is 256 g/mol. The van der Waals surface area contributed by atoms with Crippen molar-refractivity contribution in [1.29, 1.82) is 0 Å². The van der Waals surface area contributed by atoms with Crippen molar-refractivity contribution < 1.29 is 4.74 Å². The Hall–Kier alpha value is -2.02. The molecule has 0 fully saturated rings. The molecule has 0 unspecified atom stereocenters. The van der Waals surface area contributed by atoms with Crippen LogP contribution in [0.1, 0.15) is 52.7 Å². The van der Waals surface area contributed by atoms with Gasteiger partial charge in [0.25, 0.3) is 0 Å². The number of benzene rings is 2. The summed E-state index contributed by atoms with van der Waals surface area (Å²) in [6, 6.07) is 16.0. The van der Waals surface area contributed by atoms with Crippen LogP contribution in [-0.2, 0) is 0 Å². The van der Waals surface area contributed by atoms with Crippen molar-refractivity contribution in [1.82, 2.24) is 0 Å². The fraction of sp³-hybridized carbons (Fsp3) is 0.300. The number of ether oxygens (including phenoxy) is 1. The minimum Gasteiger partial charge on any atom is -0.456 e. The molecule has 1 heterocycles. The molecule has 0 bridgehead atoms. The van der Waals surface area contributed by atoms with Gasteiger partial charge in [0, 0.05) is 11.1 Å². The van der Waals surface area contributed by atoms with Crippen molar-refractivity contribution in [3.63, 3.8) is 0 Å². The highest BCUT2D eigenvalue weighted by Crippen LogP contribution is 2.41. The van der Waals surface area contributed by atoms with Crippen molar-refractivity contribution >= 4 is 5.57 Å². The van der Waals surface area contributed by atoms with E-state index in [1.165, 1.54) is 0 Å². The second kappa shape index (κ2) is 10.7. The fourth-order valence-electron chi connectivity index (χ4n) is 1.87. The molecule has 0 N–H and O–H groups in total. The summed E-state index contributed by atoms with van der Waals surface area (Å²) >= 11 is 0. The molecule has 0 saturated heterocycles. The number of para-hydroxylation sites is 2. The molecule has 1 aliphatic rings. The molecule has 0 saturated carbocycles. The molecule has 1 heteroatoms. The molecule has 0 amide bonds. The van der Waals surface area contributed by atoms with E-state index in [4.69, 9.17) is 4.74 Å². The summed E-state index contributed by atoms with van der Waals surface area (Å²) in [5, 5.41) is 0. The van der Waals surface area contributed by atoms with Crippen molar-refractivity contribution in [3.8, 4) is 11.5 Å². The standard InChI is InChI=1S/C14H10O.3C2H6/c1-10-11-6-2-4-8-13(11)15-14-9-5-3-7-12(10)14;3*1-2/h2-9H,1H2;3*1-2H3. The van der Waals surface area contributed by atoms with Gasteiger partial charge in [0.2, 0.25) is 0 Å². The van der Waals surface area contributed by atoms with Gasteiger partial charge in [0.1, 0.15) is 11.5 Å². The highest BCUT2D eigenvalue weighted by atomic mass is 16.5. The monoisotopic (exact) mass is 284 g/mol. The first-order valence-corrected chi connectivity index (χ1v) is 7.92. The van der Waals surface area contributed by atoms with E-state index in [9.17, 15) is 0 Å². The van der Waals surface area contributed by atoms with Crippen LogP contribution in [0.5, 0.6) is 11.5 Å². The first kappa shape index (κ1) is 19.0. The molecule has 0 aliphatic carbocycles. The molecule has 3 rings (SSSR count). The Morgan fingerprint density at radius 2 is 0.952 bits per heavy atom. The zero-order valence-corrected chi connectivity index (χ0v) is 14.2. The molecule has 1 nitrogen and oxygen atoms in total. The summed E-state index contributed by atoms with van der Waals surface area (Å²) in [4.78, 5) is 0. The van der Waals surface area contributed by atoms with Crippen LogP contribution in [0, 0.1) is 0 Å². The van der Waals surface area contributed by atoms with Crippen molar-refractivity contribution in [2.24, 2.45) is 0 Å². The van der Waals surface area contributed by atoms with Crippen LogP contribution in [0.2, 0.25) is 0 Å². The molecule has 0 spiro atoms. The summed E-state index contributed by atoms with van der Waals surface area (Å²) in [7, 11) is 0. The Kier molecular flexibility index (Phi) is 9.70. The topological polar surface area (TPSA) is 9.23 Å². The summed E-state index contributed by atoms with van der Waals surface area (Å²) < 4.78 is 5.79. The third-order valence-electron chi connectivity index (χ3n) is 2.64. The summed E-state index contributed by atoms with van der Waals surface area (Å²) in [6.45, 7) is 16.1. The van der Waals surface area contributed by atoms with Crippen LogP contribution in [-0.4, -0.2) is 0 Å². The fourth-order valence-corrected chi connectivity index (χ4v) is 1.87. The highest BCUT2D eigenvalue weighted by Gasteiger charge is 2.18. The molecule has 2 aromatic carbocycles. The lowest BCUT2D eigenvalue weighted by Gasteiger charge is -2.21. The molecule has 0 atom stereocenters. The average molecular weight is 284 g/mol. The minimum absolute atomic E-state index is 0.890. The third kappa shape index (κ3) is 4.49. The van der Waals surface area contributed by atoms with E-state index in [2.05, 4.69) is 6.58 Å². The largest absolute Gasteiger partial charge is 0.456 e. The van der Waals surface area contributed by atoms with E-state index >= 15 is 0 Å². The van der Waals surface area contributed by atoms with Gasteiger partial charge in [0.05, 0.1) is 0 Å². The van der Waals surface area contributed by atoms with Crippen molar-refractivity contribution in [3.05, 3.63) is 66.2 Å². The third-order valence-corrected chi connectivity index (χ3v) is 2.64.